The number of carbonyl (C=O) groups is 2. The molecule has 2 aromatic carbocycles. The van der Waals surface area contributed by atoms with Gasteiger partial charge in [0.1, 0.15) is 6.33 Å². The fourth-order valence-corrected chi connectivity index (χ4v) is 2.39. The third-order valence-electron chi connectivity index (χ3n) is 3.95. The summed E-state index contributed by atoms with van der Waals surface area (Å²) in [6, 6.07) is 14.4. The minimum absolute atomic E-state index is 0.0377. The van der Waals surface area contributed by atoms with Crippen LogP contribution >= 0.6 is 0 Å². The fourth-order valence-electron chi connectivity index (χ4n) is 2.39. The molecule has 2 amide bonds. The van der Waals surface area contributed by atoms with Crippen LogP contribution in [0.1, 0.15) is 22.8 Å². The van der Waals surface area contributed by atoms with Crippen molar-refractivity contribution in [2.45, 2.75) is 13.5 Å². The Morgan fingerprint density at radius 3 is 2.50 bits per heavy atom. The Morgan fingerprint density at radius 2 is 1.85 bits per heavy atom. The molecule has 0 radical (unpaired) electrons. The summed E-state index contributed by atoms with van der Waals surface area (Å²) in [7, 11) is 1.72. The summed E-state index contributed by atoms with van der Waals surface area (Å²) in [5, 5.41) is 13.9. The molecule has 0 saturated heterocycles. The summed E-state index contributed by atoms with van der Waals surface area (Å²) in [5.74, 6) is -0.268. The Labute approximate surface area is 150 Å². The molecule has 3 rings (SSSR count). The molecule has 0 atom stereocenters. The molecule has 0 saturated carbocycles. The fraction of sp³-hybridized carbons (Fsp3) is 0.167. The molecule has 3 aromatic rings. The van der Waals surface area contributed by atoms with Crippen LogP contribution in [0, 0.1) is 0 Å². The SMILES string of the molecule is CC(=O)N(C)Cc1ccccc1NC(=O)c1ccc(-n2cnnn2)cc1. The summed E-state index contributed by atoms with van der Waals surface area (Å²) >= 11 is 0. The van der Waals surface area contributed by atoms with Gasteiger partial charge in [-0.25, -0.2) is 4.68 Å². The molecule has 0 spiro atoms. The van der Waals surface area contributed by atoms with Crippen molar-refractivity contribution in [2.24, 2.45) is 0 Å². The van der Waals surface area contributed by atoms with Crippen LogP contribution in [0.3, 0.4) is 0 Å². The van der Waals surface area contributed by atoms with Crippen molar-refractivity contribution >= 4 is 17.5 Å². The lowest BCUT2D eigenvalue weighted by Crippen LogP contribution is -2.24. The van der Waals surface area contributed by atoms with Gasteiger partial charge in [0.25, 0.3) is 5.91 Å². The van der Waals surface area contributed by atoms with E-state index in [-0.39, 0.29) is 11.8 Å². The molecular weight excluding hydrogens is 332 g/mol. The summed E-state index contributed by atoms with van der Waals surface area (Å²) in [5.41, 5.74) is 2.81. The van der Waals surface area contributed by atoms with Gasteiger partial charge in [-0.05, 0) is 46.3 Å². The van der Waals surface area contributed by atoms with Crippen LogP contribution in [-0.2, 0) is 11.3 Å². The molecular formula is C18H18N6O2. The van der Waals surface area contributed by atoms with Crippen LogP contribution < -0.4 is 5.32 Å². The number of carbonyl (C=O) groups excluding carboxylic acids is 2. The molecule has 132 valence electrons. The molecule has 0 aliphatic carbocycles. The molecule has 1 heterocycles. The van der Waals surface area contributed by atoms with Crippen LogP contribution in [0.15, 0.2) is 54.9 Å². The lowest BCUT2D eigenvalue weighted by atomic mass is 10.1. The molecule has 8 heteroatoms. The maximum atomic E-state index is 12.5. The molecule has 0 aliphatic heterocycles. The van der Waals surface area contributed by atoms with Gasteiger partial charge in [-0.15, -0.1) is 5.10 Å². The zero-order chi connectivity index (χ0) is 18.5. The lowest BCUT2D eigenvalue weighted by molar-refractivity contribution is -0.128. The quantitative estimate of drug-likeness (QED) is 0.758. The average molecular weight is 350 g/mol. The molecule has 0 aliphatic rings. The largest absolute Gasteiger partial charge is 0.342 e. The third-order valence-corrected chi connectivity index (χ3v) is 3.95. The van der Waals surface area contributed by atoms with Gasteiger partial charge in [-0.1, -0.05) is 18.2 Å². The van der Waals surface area contributed by atoms with Gasteiger partial charge in [0.05, 0.1) is 5.69 Å². The van der Waals surface area contributed by atoms with E-state index in [1.807, 2.05) is 24.3 Å². The molecule has 26 heavy (non-hydrogen) atoms. The number of hydrogen-bond acceptors (Lipinski definition) is 5. The Balaban J connectivity index is 1.75. The van der Waals surface area contributed by atoms with E-state index < -0.39 is 0 Å². The van der Waals surface area contributed by atoms with E-state index in [2.05, 4.69) is 20.8 Å². The molecule has 1 N–H and O–H groups in total. The zero-order valence-electron chi connectivity index (χ0n) is 14.5. The average Bonchev–Trinajstić information content (AvgIpc) is 3.18. The van der Waals surface area contributed by atoms with Gasteiger partial charge in [-0.3, -0.25) is 9.59 Å². The minimum atomic E-state index is -0.230. The number of para-hydroxylation sites is 1. The first kappa shape index (κ1) is 17.3. The molecule has 0 unspecified atom stereocenters. The maximum absolute atomic E-state index is 12.5. The number of nitrogens with zero attached hydrogens (tertiary/aromatic N) is 5. The van der Waals surface area contributed by atoms with Crippen LogP contribution in [-0.4, -0.2) is 44.0 Å². The second-order valence-electron chi connectivity index (χ2n) is 5.79. The van der Waals surface area contributed by atoms with E-state index in [0.717, 1.165) is 11.3 Å². The number of hydrogen-bond donors (Lipinski definition) is 1. The Bertz CT molecular complexity index is 906. The van der Waals surface area contributed by atoms with Gasteiger partial charge in [0, 0.05) is 31.8 Å². The van der Waals surface area contributed by atoms with Crippen LogP contribution in [0.25, 0.3) is 5.69 Å². The second kappa shape index (κ2) is 7.56. The maximum Gasteiger partial charge on any atom is 0.255 e. The summed E-state index contributed by atoms with van der Waals surface area (Å²) in [6.07, 6.45) is 1.48. The van der Waals surface area contributed by atoms with Crippen LogP contribution in [0.4, 0.5) is 5.69 Å². The Kier molecular flexibility index (Phi) is 5.02. The Morgan fingerprint density at radius 1 is 1.12 bits per heavy atom. The van der Waals surface area contributed by atoms with Gasteiger partial charge < -0.3 is 10.2 Å². The van der Waals surface area contributed by atoms with Crippen molar-refractivity contribution in [3.05, 3.63) is 66.0 Å². The number of nitrogens with one attached hydrogen (secondary N) is 1. The smallest absolute Gasteiger partial charge is 0.255 e. The third kappa shape index (κ3) is 3.92. The second-order valence-corrected chi connectivity index (χ2v) is 5.79. The van der Waals surface area contributed by atoms with E-state index >= 15 is 0 Å². The highest BCUT2D eigenvalue weighted by Gasteiger charge is 2.11. The Hall–Kier alpha value is -3.55. The predicted octanol–water partition coefficient (Wildman–Crippen LogP) is 1.89. The number of aromatic nitrogens is 4. The van der Waals surface area contributed by atoms with Crippen molar-refractivity contribution in [3.63, 3.8) is 0 Å². The highest BCUT2D eigenvalue weighted by molar-refractivity contribution is 6.04. The van der Waals surface area contributed by atoms with E-state index in [9.17, 15) is 9.59 Å². The zero-order valence-corrected chi connectivity index (χ0v) is 14.5. The van der Waals surface area contributed by atoms with E-state index in [4.69, 9.17) is 0 Å². The van der Waals surface area contributed by atoms with Crippen molar-refractivity contribution in [1.29, 1.82) is 0 Å². The first-order valence-electron chi connectivity index (χ1n) is 7.99. The minimum Gasteiger partial charge on any atom is -0.342 e. The highest BCUT2D eigenvalue weighted by Crippen LogP contribution is 2.18. The number of tetrazole rings is 1. The highest BCUT2D eigenvalue weighted by atomic mass is 16.2. The number of amides is 2. The number of anilines is 1. The van der Waals surface area contributed by atoms with Gasteiger partial charge in [-0.2, -0.15) is 0 Å². The first-order chi connectivity index (χ1) is 12.5. The van der Waals surface area contributed by atoms with Gasteiger partial charge in [0.15, 0.2) is 0 Å². The van der Waals surface area contributed by atoms with Crippen molar-refractivity contribution in [3.8, 4) is 5.69 Å². The standard InChI is InChI=1S/C18H18N6O2/c1-13(25)23(2)11-15-5-3-4-6-17(15)20-18(26)14-7-9-16(10-8-14)24-12-19-21-22-24/h3-10,12H,11H2,1-2H3,(H,20,26). The lowest BCUT2D eigenvalue weighted by Gasteiger charge is -2.18. The molecule has 0 bridgehead atoms. The van der Waals surface area contributed by atoms with E-state index in [0.29, 0.717) is 17.8 Å². The summed E-state index contributed by atoms with van der Waals surface area (Å²) in [6.45, 7) is 1.93. The van der Waals surface area contributed by atoms with E-state index in [1.165, 1.54) is 17.9 Å². The van der Waals surface area contributed by atoms with Crippen LogP contribution in [0.2, 0.25) is 0 Å². The summed E-state index contributed by atoms with van der Waals surface area (Å²) in [4.78, 5) is 25.6. The summed E-state index contributed by atoms with van der Waals surface area (Å²) < 4.78 is 1.51. The van der Waals surface area contributed by atoms with Gasteiger partial charge >= 0.3 is 0 Å². The predicted molar refractivity (Wildman–Crippen MR) is 95.7 cm³/mol. The number of rotatable bonds is 5. The monoisotopic (exact) mass is 350 g/mol. The molecule has 0 fully saturated rings. The normalized spacial score (nSPS) is 10.4. The molecule has 8 nitrogen and oxygen atoms in total. The molecule has 1 aromatic heterocycles. The van der Waals surface area contributed by atoms with Crippen molar-refractivity contribution in [2.75, 3.05) is 12.4 Å². The van der Waals surface area contributed by atoms with Crippen LogP contribution in [0.5, 0.6) is 0 Å². The topological polar surface area (TPSA) is 93.0 Å². The first-order valence-corrected chi connectivity index (χ1v) is 7.99. The van der Waals surface area contributed by atoms with Crippen molar-refractivity contribution < 1.29 is 9.59 Å². The van der Waals surface area contributed by atoms with E-state index in [1.54, 1.807) is 36.2 Å². The number of benzene rings is 2. The van der Waals surface area contributed by atoms with Crippen molar-refractivity contribution in [1.82, 2.24) is 25.1 Å². The van der Waals surface area contributed by atoms with Gasteiger partial charge in [0.2, 0.25) is 5.91 Å².